The van der Waals surface area contributed by atoms with Gasteiger partial charge in [0.1, 0.15) is 4.70 Å². The van der Waals surface area contributed by atoms with Gasteiger partial charge in [0.25, 0.3) is 5.56 Å². The van der Waals surface area contributed by atoms with Crippen molar-refractivity contribution in [2.45, 2.75) is 11.7 Å². The van der Waals surface area contributed by atoms with Crippen molar-refractivity contribution >= 4 is 33.3 Å². The average molecular weight is 332 g/mol. The zero-order valence-electron chi connectivity index (χ0n) is 11.7. The Bertz CT molecular complexity index is 917. The summed E-state index contributed by atoms with van der Waals surface area (Å²) in [6, 6.07) is 7.62. The van der Waals surface area contributed by atoms with Gasteiger partial charge in [-0.2, -0.15) is 0 Å². The third-order valence-electron chi connectivity index (χ3n) is 3.49. The molecule has 0 aliphatic carbocycles. The van der Waals surface area contributed by atoms with Crippen LogP contribution in [-0.4, -0.2) is 22.6 Å². The van der Waals surface area contributed by atoms with Gasteiger partial charge in [-0.05, 0) is 35.4 Å². The van der Waals surface area contributed by atoms with E-state index in [2.05, 4.69) is 4.98 Å². The molecule has 0 atom stereocenters. The average Bonchev–Trinajstić information content (AvgIpc) is 3.18. The van der Waals surface area contributed by atoms with Crippen molar-refractivity contribution < 1.29 is 9.47 Å². The van der Waals surface area contributed by atoms with E-state index in [9.17, 15) is 4.79 Å². The van der Waals surface area contributed by atoms with Gasteiger partial charge in [-0.15, -0.1) is 11.3 Å². The topological polar surface area (TPSA) is 53.4 Å². The fourth-order valence-electron chi connectivity index (χ4n) is 2.44. The van der Waals surface area contributed by atoms with Crippen LogP contribution in [0, 0.1) is 0 Å². The molecule has 0 radical (unpaired) electrons. The second-order valence-electron chi connectivity index (χ2n) is 4.81. The van der Waals surface area contributed by atoms with Crippen LogP contribution in [0.5, 0.6) is 11.5 Å². The number of fused-ring (bicyclic) bond motifs is 2. The van der Waals surface area contributed by atoms with Crippen LogP contribution in [0.25, 0.3) is 10.2 Å². The molecular weight excluding hydrogens is 320 g/mol. The van der Waals surface area contributed by atoms with E-state index in [1.165, 1.54) is 23.1 Å². The zero-order valence-corrected chi connectivity index (χ0v) is 13.4. The van der Waals surface area contributed by atoms with Crippen LogP contribution in [0.15, 0.2) is 39.6 Å². The summed E-state index contributed by atoms with van der Waals surface area (Å²) in [5, 5.41) is 2.61. The highest BCUT2D eigenvalue weighted by Gasteiger charge is 2.16. The number of aromatic nitrogens is 2. The van der Waals surface area contributed by atoms with E-state index < -0.39 is 0 Å². The second-order valence-corrected chi connectivity index (χ2v) is 6.50. The molecule has 0 saturated heterocycles. The molecule has 112 valence electrons. The van der Waals surface area contributed by atoms with Crippen molar-refractivity contribution in [3.05, 3.63) is 45.6 Å². The first kappa shape index (κ1) is 13.7. The predicted molar refractivity (Wildman–Crippen MR) is 87.3 cm³/mol. The Balaban J connectivity index is 1.80. The molecule has 4 rings (SSSR count). The monoisotopic (exact) mass is 332 g/mol. The van der Waals surface area contributed by atoms with Crippen molar-refractivity contribution in [3.63, 3.8) is 0 Å². The molecule has 7 heteroatoms. The Morgan fingerprint density at radius 3 is 3.05 bits per heavy atom. The van der Waals surface area contributed by atoms with Crippen molar-refractivity contribution in [1.82, 2.24) is 9.55 Å². The minimum Gasteiger partial charge on any atom is -0.454 e. The number of benzene rings is 1. The van der Waals surface area contributed by atoms with Crippen LogP contribution in [0.1, 0.15) is 5.56 Å². The summed E-state index contributed by atoms with van der Waals surface area (Å²) < 4.78 is 13.1. The summed E-state index contributed by atoms with van der Waals surface area (Å²) in [5.41, 5.74) is 1.75. The molecule has 1 aromatic carbocycles. The SMILES string of the molecule is CSc1nc2ccsc2c(=O)n1Cc1ccc2c(c1)OCO2. The Morgan fingerprint density at radius 1 is 1.32 bits per heavy atom. The zero-order chi connectivity index (χ0) is 15.1. The highest BCUT2D eigenvalue weighted by atomic mass is 32.2. The molecule has 3 aromatic rings. The Morgan fingerprint density at radius 2 is 2.18 bits per heavy atom. The van der Waals surface area contributed by atoms with Crippen LogP contribution in [0.3, 0.4) is 0 Å². The number of hydrogen-bond acceptors (Lipinski definition) is 6. The van der Waals surface area contributed by atoms with Crippen molar-refractivity contribution in [2.75, 3.05) is 13.0 Å². The maximum absolute atomic E-state index is 12.7. The molecule has 1 aliphatic rings. The number of rotatable bonds is 3. The minimum absolute atomic E-state index is 0.00187. The summed E-state index contributed by atoms with van der Waals surface area (Å²) in [5.74, 6) is 1.47. The van der Waals surface area contributed by atoms with Crippen molar-refractivity contribution in [2.24, 2.45) is 0 Å². The Kier molecular flexibility index (Phi) is 3.31. The van der Waals surface area contributed by atoms with E-state index >= 15 is 0 Å². The lowest BCUT2D eigenvalue weighted by Gasteiger charge is -2.11. The standard InChI is InChI=1S/C15H12N2O3S2/c1-21-15-16-10-4-5-22-13(10)14(18)17(15)7-9-2-3-11-12(6-9)20-8-19-11/h2-6H,7-8H2,1H3. The fourth-order valence-corrected chi connectivity index (χ4v) is 3.78. The summed E-state index contributed by atoms with van der Waals surface area (Å²) in [4.78, 5) is 17.2. The normalized spacial score (nSPS) is 13.0. The van der Waals surface area contributed by atoms with Gasteiger partial charge in [0.15, 0.2) is 16.7 Å². The quantitative estimate of drug-likeness (QED) is 0.545. The van der Waals surface area contributed by atoms with Gasteiger partial charge in [-0.3, -0.25) is 9.36 Å². The molecule has 22 heavy (non-hydrogen) atoms. The van der Waals surface area contributed by atoms with E-state index in [1.807, 2.05) is 35.9 Å². The third kappa shape index (κ3) is 2.17. The number of thiophene rings is 1. The molecule has 0 unspecified atom stereocenters. The highest BCUT2D eigenvalue weighted by Crippen LogP contribution is 2.32. The lowest BCUT2D eigenvalue weighted by molar-refractivity contribution is 0.174. The number of thioether (sulfide) groups is 1. The summed E-state index contributed by atoms with van der Waals surface area (Å²) >= 11 is 2.90. The first-order valence-electron chi connectivity index (χ1n) is 6.67. The number of nitrogens with zero attached hydrogens (tertiary/aromatic N) is 2. The smallest absolute Gasteiger partial charge is 0.272 e. The fraction of sp³-hybridized carbons (Fsp3) is 0.200. The molecule has 0 N–H and O–H groups in total. The van der Waals surface area contributed by atoms with E-state index in [0.29, 0.717) is 16.4 Å². The third-order valence-corrected chi connectivity index (χ3v) is 5.06. The lowest BCUT2D eigenvalue weighted by Crippen LogP contribution is -2.23. The van der Waals surface area contributed by atoms with Crippen molar-refractivity contribution in [3.8, 4) is 11.5 Å². The maximum Gasteiger partial charge on any atom is 0.272 e. The maximum atomic E-state index is 12.7. The molecule has 0 spiro atoms. The Hall–Kier alpha value is -1.99. The van der Waals surface area contributed by atoms with Crippen molar-refractivity contribution in [1.29, 1.82) is 0 Å². The molecular formula is C15H12N2O3S2. The highest BCUT2D eigenvalue weighted by molar-refractivity contribution is 7.98. The van der Waals surface area contributed by atoms with Gasteiger partial charge in [0, 0.05) is 0 Å². The first-order valence-corrected chi connectivity index (χ1v) is 8.77. The van der Waals surface area contributed by atoms with Crippen LogP contribution in [0.4, 0.5) is 0 Å². The van der Waals surface area contributed by atoms with E-state index in [-0.39, 0.29) is 12.4 Å². The largest absolute Gasteiger partial charge is 0.454 e. The first-order chi connectivity index (χ1) is 10.8. The van der Waals surface area contributed by atoms with Gasteiger partial charge < -0.3 is 9.47 Å². The van der Waals surface area contributed by atoms with Crippen LogP contribution in [-0.2, 0) is 6.54 Å². The predicted octanol–water partition coefficient (Wildman–Crippen LogP) is 2.96. The summed E-state index contributed by atoms with van der Waals surface area (Å²) in [7, 11) is 0. The minimum atomic E-state index is 0.00187. The summed E-state index contributed by atoms with van der Waals surface area (Å²) in [6.45, 7) is 0.712. The second kappa shape index (κ2) is 5.33. The molecule has 0 fully saturated rings. The number of ether oxygens (including phenoxy) is 2. The van der Waals surface area contributed by atoms with Gasteiger partial charge in [-0.1, -0.05) is 17.8 Å². The molecule has 3 heterocycles. The molecule has 5 nitrogen and oxygen atoms in total. The van der Waals surface area contributed by atoms with Gasteiger partial charge >= 0.3 is 0 Å². The summed E-state index contributed by atoms with van der Waals surface area (Å²) in [6.07, 6.45) is 1.93. The van der Waals surface area contributed by atoms with Crippen LogP contribution < -0.4 is 15.0 Å². The van der Waals surface area contributed by atoms with E-state index in [4.69, 9.17) is 9.47 Å². The van der Waals surface area contributed by atoms with Crippen LogP contribution in [0.2, 0.25) is 0 Å². The van der Waals surface area contributed by atoms with Crippen LogP contribution >= 0.6 is 23.1 Å². The van der Waals surface area contributed by atoms with E-state index in [0.717, 1.165) is 22.6 Å². The van der Waals surface area contributed by atoms with Gasteiger partial charge in [0.2, 0.25) is 6.79 Å². The number of hydrogen-bond donors (Lipinski definition) is 0. The molecule has 0 amide bonds. The lowest BCUT2D eigenvalue weighted by atomic mass is 10.2. The Labute approximate surface area is 134 Å². The molecule has 2 aromatic heterocycles. The molecule has 0 saturated carbocycles. The van der Waals surface area contributed by atoms with Gasteiger partial charge in [-0.25, -0.2) is 4.98 Å². The molecule has 1 aliphatic heterocycles. The molecule has 0 bridgehead atoms. The van der Waals surface area contributed by atoms with E-state index in [1.54, 1.807) is 4.57 Å². The van der Waals surface area contributed by atoms with Gasteiger partial charge in [0.05, 0.1) is 12.1 Å².